The van der Waals surface area contributed by atoms with Crippen molar-refractivity contribution in [3.8, 4) is 11.5 Å². The SMILES string of the molecule is CCOc1cc(/C=N\NC(=O)C(=O)NCc2ccc(C(C)C)cc2)cc(Br)c1OCC(=O)Nc1ccc(C)c(C)c1. The van der Waals surface area contributed by atoms with E-state index in [0.717, 1.165) is 16.7 Å². The van der Waals surface area contributed by atoms with Crippen molar-refractivity contribution in [3.05, 3.63) is 86.9 Å². The Morgan fingerprint density at radius 2 is 1.68 bits per heavy atom. The molecule has 3 aromatic rings. The molecule has 0 radical (unpaired) electrons. The van der Waals surface area contributed by atoms with Gasteiger partial charge in [-0.2, -0.15) is 5.10 Å². The van der Waals surface area contributed by atoms with Crippen LogP contribution < -0.4 is 25.5 Å². The zero-order valence-electron chi connectivity index (χ0n) is 23.8. The van der Waals surface area contributed by atoms with Gasteiger partial charge in [0.25, 0.3) is 5.91 Å². The number of halogens is 1. The minimum atomic E-state index is -0.890. The lowest BCUT2D eigenvalue weighted by Gasteiger charge is -2.15. The Morgan fingerprint density at radius 3 is 2.34 bits per heavy atom. The van der Waals surface area contributed by atoms with Crippen molar-refractivity contribution in [2.45, 2.75) is 47.1 Å². The summed E-state index contributed by atoms with van der Waals surface area (Å²) in [5.41, 5.74) is 7.78. The Kier molecular flexibility index (Phi) is 11.5. The average Bonchev–Trinajstić information content (AvgIpc) is 2.93. The molecular formula is C31H35BrN4O5. The van der Waals surface area contributed by atoms with Crippen molar-refractivity contribution in [1.82, 2.24) is 10.7 Å². The number of hydrazone groups is 1. The van der Waals surface area contributed by atoms with Crippen molar-refractivity contribution >= 4 is 45.6 Å². The van der Waals surface area contributed by atoms with E-state index in [4.69, 9.17) is 9.47 Å². The highest BCUT2D eigenvalue weighted by atomic mass is 79.9. The molecule has 0 aliphatic heterocycles. The molecule has 10 heteroatoms. The summed E-state index contributed by atoms with van der Waals surface area (Å²) in [6, 6.07) is 16.9. The third-order valence-electron chi connectivity index (χ3n) is 6.16. The number of anilines is 1. The number of ether oxygens (including phenoxy) is 2. The third-order valence-corrected chi connectivity index (χ3v) is 6.74. The molecule has 0 spiro atoms. The summed E-state index contributed by atoms with van der Waals surface area (Å²) in [6.45, 7) is 10.4. The zero-order chi connectivity index (χ0) is 29.9. The maximum Gasteiger partial charge on any atom is 0.329 e. The summed E-state index contributed by atoms with van der Waals surface area (Å²) < 4.78 is 12.0. The predicted molar refractivity (Wildman–Crippen MR) is 163 cm³/mol. The van der Waals surface area contributed by atoms with Crippen molar-refractivity contribution in [3.63, 3.8) is 0 Å². The number of nitrogens with one attached hydrogen (secondary N) is 3. The Hall–Kier alpha value is -4.18. The van der Waals surface area contributed by atoms with Gasteiger partial charge in [-0.3, -0.25) is 14.4 Å². The van der Waals surface area contributed by atoms with E-state index in [1.54, 1.807) is 12.1 Å². The molecule has 41 heavy (non-hydrogen) atoms. The van der Waals surface area contributed by atoms with Gasteiger partial charge in [0.05, 0.1) is 17.3 Å². The van der Waals surface area contributed by atoms with E-state index in [9.17, 15) is 14.4 Å². The van der Waals surface area contributed by atoms with Crippen LogP contribution in [-0.2, 0) is 20.9 Å². The molecule has 3 amide bonds. The van der Waals surface area contributed by atoms with Gasteiger partial charge in [-0.25, -0.2) is 5.43 Å². The molecule has 0 aliphatic rings. The molecule has 0 saturated carbocycles. The molecule has 0 aromatic heterocycles. The van der Waals surface area contributed by atoms with Crippen LogP contribution >= 0.6 is 15.9 Å². The maximum absolute atomic E-state index is 12.5. The number of carbonyl (C=O) groups is 3. The molecule has 0 unspecified atom stereocenters. The van der Waals surface area contributed by atoms with Crippen LogP contribution in [0.3, 0.4) is 0 Å². The second kappa shape index (κ2) is 15.0. The molecule has 0 saturated heterocycles. The molecule has 3 aromatic carbocycles. The van der Waals surface area contributed by atoms with Crippen LogP contribution in [0.2, 0.25) is 0 Å². The number of hydrogen-bond acceptors (Lipinski definition) is 6. The van der Waals surface area contributed by atoms with E-state index in [2.05, 4.69) is 50.9 Å². The Morgan fingerprint density at radius 1 is 0.951 bits per heavy atom. The standard InChI is InChI=1S/C31H35BrN4O5/c1-6-40-27-15-23(14-26(32)29(27)41-18-28(37)35-25-12-7-20(4)21(5)13-25)17-34-36-31(39)30(38)33-16-22-8-10-24(11-9-22)19(2)3/h7-15,17,19H,6,16,18H2,1-5H3,(H,33,38)(H,35,37)(H,36,39)/b34-17-. The van der Waals surface area contributed by atoms with E-state index >= 15 is 0 Å². The molecule has 0 bridgehead atoms. The third kappa shape index (κ3) is 9.46. The fourth-order valence-corrected chi connectivity index (χ4v) is 4.29. The Bertz CT molecular complexity index is 1420. The highest BCUT2D eigenvalue weighted by Gasteiger charge is 2.15. The first-order chi connectivity index (χ1) is 19.6. The van der Waals surface area contributed by atoms with Gasteiger partial charge in [-0.05, 0) is 94.7 Å². The zero-order valence-corrected chi connectivity index (χ0v) is 25.4. The molecule has 9 nitrogen and oxygen atoms in total. The van der Waals surface area contributed by atoms with Gasteiger partial charge in [-0.15, -0.1) is 0 Å². The highest BCUT2D eigenvalue weighted by Crippen LogP contribution is 2.36. The van der Waals surface area contributed by atoms with E-state index in [0.29, 0.717) is 39.7 Å². The minimum absolute atomic E-state index is 0.225. The van der Waals surface area contributed by atoms with Crippen molar-refractivity contribution in [2.75, 3.05) is 18.5 Å². The van der Waals surface area contributed by atoms with Crippen LogP contribution in [0.5, 0.6) is 11.5 Å². The number of benzene rings is 3. The summed E-state index contributed by atoms with van der Waals surface area (Å²) in [5.74, 6) is -0.856. The van der Waals surface area contributed by atoms with Gasteiger partial charge >= 0.3 is 11.8 Å². The number of amides is 3. The number of rotatable bonds is 11. The number of nitrogens with zero attached hydrogens (tertiary/aromatic N) is 1. The monoisotopic (exact) mass is 622 g/mol. The van der Waals surface area contributed by atoms with Gasteiger partial charge in [-0.1, -0.05) is 44.2 Å². The summed E-state index contributed by atoms with van der Waals surface area (Å²) in [6.07, 6.45) is 1.37. The van der Waals surface area contributed by atoms with Gasteiger partial charge < -0.3 is 20.1 Å². The normalized spacial score (nSPS) is 10.9. The summed E-state index contributed by atoms with van der Waals surface area (Å²) in [4.78, 5) is 36.8. The van der Waals surface area contributed by atoms with Crippen LogP contribution in [0.15, 0.2) is 64.2 Å². The largest absolute Gasteiger partial charge is 0.490 e. The van der Waals surface area contributed by atoms with Crippen molar-refractivity contribution < 1.29 is 23.9 Å². The van der Waals surface area contributed by atoms with E-state index in [-0.39, 0.29) is 19.1 Å². The van der Waals surface area contributed by atoms with Crippen LogP contribution in [0.25, 0.3) is 0 Å². The molecule has 0 heterocycles. The first kappa shape index (κ1) is 31.3. The van der Waals surface area contributed by atoms with Crippen molar-refractivity contribution in [1.29, 1.82) is 0 Å². The predicted octanol–water partition coefficient (Wildman–Crippen LogP) is 5.37. The minimum Gasteiger partial charge on any atom is -0.490 e. The average molecular weight is 624 g/mol. The summed E-state index contributed by atoms with van der Waals surface area (Å²) >= 11 is 3.45. The molecule has 0 fully saturated rings. The van der Waals surface area contributed by atoms with Gasteiger partial charge in [0.1, 0.15) is 0 Å². The topological polar surface area (TPSA) is 118 Å². The van der Waals surface area contributed by atoms with Crippen LogP contribution in [0, 0.1) is 13.8 Å². The second-order valence-electron chi connectivity index (χ2n) is 9.68. The highest BCUT2D eigenvalue weighted by molar-refractivity contribution is 9.10. The van der Waals surface area contributed by atoms with Crippen molar-refractivity contribution in [2.24, 2.45) is 5.10 Å². The van der Waals surface area contributed by atoms with Gasteiger partial charge in [0, 0.05) is 12.2 Å². The lowest BCUT2D eigenvalue weighted by atomic mass is 10.0. The molecule has 0 aliphatic carbocycles. The van der Waals surface area contributed by atoms with Crippen LogP contribution in [0.1, 0.15) is 54.5 Å². The summed E-state index contributed by atoms with van der Waals surface area (Å²) in [7, 11) is 0. The second-order valence-corrected chi connectivity index (χ2v) is 10.5. The molecular weight excluding hydrogens is 588 g/mol. The van der Waals surface area contributed by atoms with Gasteiger partial charge in [0.2, 0.25) is 0 Å². The Labute approximate surface area is 248 Å². The smallest absolute Gasteiger partial charge is 0.329 e. The molecule has 3 N–H and O–H groups in total. The Balaban J connectivity index is 1.56. The fourth-order valence-electron chi connectivity index (χ4n) is 3.72. The number of carbonyl (C=O) groups excluding carboxylic acids is 3. The fraction of sp³-hybridized carbons (Fsp3) is 0.290. The number of aryl methyl sites for hydroxylation is 2. The van der Waals surface area contributed by atoms with E-state index < -0.39 is 11.8 Å². The molecule has 0 atom stereocenters. The molecule has 216 valence electrons. The maximum atomic E-state index is 12.5. The van der Waals surface area contributed by atoms with Crippen LogP contribution in [0.4, 0.5) is 5.69 Å². The first-order valence-corrected chi connectivity index (χ1v) is 14.0. The summed E-state index contributed by atoms with van der Waals surface area (Å²) in [5, 5.41) is 9.29. The lowest BCUT2D eigenvalue weighted by Crippen LogP contribution is -2.37. The first-order valence-electron chi connectivity index (χ1n) is 13.2. The quantitative estimate of drug-likeness (QED) is 0.151. The van der Waals surface area contributed by atoms with E-state index in [1.165, 1.54) is 11.8 Å². The number of hydrogen-bond donors (Lipinski definition) is 3. The van der Waals surface area contributed by atoms with Gasteiger partial charge in [0.15, 0.2) is 18.1 Å². The van der Waals surface area contributed by atoms with E-state index in [1.807, 2.05) is 63.2 Å². The molecule has 3 rings (SSSR count). The van der Waals surface area contributed by atoms with Crippen LogP contribution in [-0.4, -0.2) is 37.1 Å². The lowest BCUT2D eigenvalue weighted by molar-refractivity contribution is -0.139.